The third kappa shape index (κ3) is 5.87. The molecule has 0 aliphatic carbocycles. The summed E-state index contributed by atoms with van der Waals surface area (Å²) in [4.78, 5) is 45.3. The summed E-state index contributed by atoms with van der Waals surface area (Å²) < 4.78 is 5.48. The molecule has 202 valence electrons. The lowest BCUT2D eigenvalue weighted by Crippen LogP contribution is -2.56. The Morgan fingerprint density at radius 1 is 1.11 bits per heavy atom. The number of nitrogens with one attached hydrogen (secondary N) is 1. The summed E-state index contributed by atoms with van der Waals surface area (Å²) in [6.07, 6.45) is 0. The summed E-state index contributed by atoms with van der Waals surface area (Å²) in [6.45, 7) is 10.4. The molecule has 2 aromatic rings. The molecule has 8 nitrogen and oxygen atoms in total. The van der Waals surface area contributed by atoms with E-state index < -0.39 is 12.0 Å². The number of nitrogens with zero attached hydrogens (tertiary/aromatic N) is 3. The van der Waals surface area contributed by atoms with Crippen LogP contribution < -0.4 is 5.32 Å². The Bertz CT molecular complexity index is 1230. The van der Waals surface area contributed by atoms with Crippen molar-refractivity contribution >= 4 is 29.5 Å². The minimum Gasteiger partial charge on any atom is -0.463 e. The van der Waals surface area contributed by atoms with E-state index in [4.69, 9.17) is 16.3 Å². The molecule has 2 aromatic carbocycles. The van der Waals surface area contributed by atoms with E-state index in [0.29, 0.717) is 54.6 Å². The minimum absolute atomic E-state index is 0.0352. The second-order valence-electron chi connectivity index (χ2n) is 9.71. The zero-order valence-electron chi connectivity index (χ0n) is 22.4. The molecular weight excluding hydrogens is 504 g/mol. The van der Waals surface area contributed by atoms with E-state index in [-0.39, 0.29) is 24.6 Å². The number of aryl methyl sites for hydroxylation is 1. The van der Waals surface area contributed by atoms with Crippen LogP contribution in [0.2, 0.25) is 5.02 Å². The monoisotopic (exact) mass is 538 g/mol. The predicted octanol–water partition coefficient (Wildman–Crippen LogP) is 4.40. The van der Waals surface area contributed by atoms with Gasteiger partial charge in [0.2, 0.25) is 0 Å². The molecule has 0 saturated carbocycles. The summed E-state index contributed by atoms with van der Waals surface area (Å²) in [6, 6.07) is 13.8. The first-order valence-electron chi connectivity index (χ1n) is 13.1. The van der Waals surface area contributed by atoms with Crippen LogP contribution in [-0.4, -0.2) is 78.0 Å². The molecule has 2 aliphatic heterocycles. The van der Waals surface area contributed by atoms with Crippen molar-refractivity contribution in [2.75, 3.05) is 39.3 Å². The van der Waals surface area contributed by atoms with E-state index in [1.165, 1.54) is 0 Å². The van der Waals surface area contributed by atoms with Gasteiger partial charge < -0.3 is 15.0 Å². The summed E-state index contributed by atoms with van der Waals surface area (Å²) >= 11 is 5.99. The number of hydrogen-bond donors (Lipinski definition) is 1. The maximum atomic E-state index is 13.3. The number of likely N-dealkylation sites (N-methyl/N-ethyl adjacent to an activating group) is 1. The molecule has 3 amide bonds. The molecule has 1 N–H and O–H groups in total. The molecule has 1 fully saturated rings. The SMILES string of the molecule is CCOC(=O)C1=C(CN2CCN(C(=O)c3ccc(Cl)cc3)C(C)C2)N(CC)C(=O)NC1c1cccc(C)c1. The molecule has 38 heavy (non-hydrogen) atoms. The summed E-state index contributed by atoms with van der Waals surface area (Å²) in [7, 11) is 0. The number of urea groups is 1. The average Bonchev–Trinajstić information content (AvgIpc) is 2.89. The molecular formula is C29H35ClN4O4. The maximum Gasteiger partial charge on any atom is 0.338 e. The highest BCUT2D eigenvalue weighted by Gasteiger charge is 2.39. The third-order valence-corrected chi connectivity index (χ3v) is 7.31. The van der Waals surface area contributed by atoms with Crippen LogP contribution in [0.3, 0.4) is 0 Å². The van der Waals surface area contributed by atoms with Gasteiger partial charge in [-0.25, -0.2) is 9.59 Å². The topological polar surface area (TPSA) is 82.2 Å². The molecule has 2 unspecified atom stereocenters. The standard InChI is InChI=1S/C29H35ClN4O4/c1-5-33-24(18-32-14-15-34(20(4)17-32)27(35)21-10-12-23(30)13-11-21)25(28(36)38-6-2)26(31-29(33)37)22-9-7-8-19(3)16-22/h7-13,16,20,26H,5-6,14-15,17-18H2,1-4H3,(H,31,37). The highest BCUT2D eigenvalue weighted by molar-refractivity contribution is 6.30. The second-order valence-corrected chi connectivity index (χ2v) is 10.1. The number of benzene rings is 2. The second kappa shape index (κ2) is 12.0. The number of amides is 3. The summed E-state index contributed by atoms with van der Waals surface area (Å²) in [5.74, 6) is -0.468. The van der Waals surface area contributed by atoms with Crippen LogP contribution in [0.4, 0.5) is 4.79 Å². The molecule has 0 radical (unpaired) electrons. The Hall–Kier alpha value is -3.36. The largest absolute Gasteiger partial charge is 0.463 e. The van der Waals surface area contributed by atoms with E-state index in [9.17, 15) is 14.4 Å². The Morgan fingerprint density at radius 3 is 2.47 bits per heavy atom. The van der Waals surface area contributed by atoms with Crippen molar-refractivity contribution in [1.82, 2.24) is 20.0 Å². The van der Waals surface area contributed by atoms with E-state index >= 15 is 0 Å². The van der Waals surface area contributed by atoms with Crippen LogP contribution in [0.15, 0.2) is 59.8 Å². The number of rotatable bonds is 7. The normalized spacial score (nSPS) is 20.4. The molecule has 2 heterocycles. The van der Waals surface area contributed by atoms with Gasteiger partial charge in [-0.1, -0.05) is 41.4 Å². The van der Waals surface area contributed by atoms with Crippen molar-refractivity contribution in [3.8, 4) is 0 Å². The van der Waals surface area contributed by atoms with Gasteiger partial charge in [0.15, 0.2) is 0 Å². The van der Waals surface area contributed by atoms with Crippen LogP contribution in [0.1, 0.15) is 48.3 Å². The third-order valence-electron chi connectivity index (χ3n) is 7.06. The van der Waals surface area contributed by atoms with E-state index in [2.05, 4.69) is 10.2 Å². The number of halogens is 1. The van der Waals surface area contributed by atoms with E-state index in [1.54, 1.807) is 36.1 Å². The van der Waals surface area contributed by atoms with Gasteiger partial charge in [-0.3, -0.25) is 14.6 Å². The van der Waals surface area contributed by atoms with Crippen LogP contribution in [0, 0.1) is 6.92 Å². The van der Waals surface area contributed by atoms with Gasteiger partial charge in [0.1, 0.15) is 0 Å². The van der Waals surface area contributed by atoms with Crippen molar-refractivity contribution in [2.24, 2.45) is 0 Å². The highest BCUT2D eigenvalue weighted by atomic mass is 35.5. The summed E-state index contributed by atoms with van der Waals surface area (Å²) in [5.41, 5.74) is 3.57. The van der Waals surface area contributed by atoms with Gasteiger partial charge >= 0.3 is 12.0 Å². The van der Waals surface area contributed by atoms with Gasteiger partial charge in [-0.05, 0) is 57.5 Å². The highest BCUT2D eigenvalue weighted by Crippen LogP contribution is 2.33. The molecule has 2 atom stereocenters. The van der Waals surface area contributed by atoms with Crippen molar-refractivity contribution in [2.45, 2.75) is 39.8 Å². The fourth-order valence-electron chi connectivity index (χ4n) is 5.21. The van der Waals surface area contributed by atoms with Crippen molar-refractivity contribution in [3.05, 3.63) is 81.5 Å². The average molecular weight is 539 g/mol. The van der Waals surface area contributed by atoms with Crippen LogP contribution in [0.5, 0.6) is 0 Å². The molecule has 9 heteroatoms. The molecule has 2 aliphatic rings. The molecule has 0 spiro atoms. The number of carbonyl (C=O) groups is 3. The zero-order valence-corrected chi connectivity index (χ0v) is 23.1. The van der Waals surface area contributed by atoms with Gasteiger partial charge in [-0.2, -0.15) is 0 Å². The molecule has 4 rings (SSSR count). The number of piperazine rings is 1. The Labute approximate surface area is 229 Å². The number of esters is 1. The first kappa shape index (κ1) is 27.7. The lowest BCUT2D eigenvalue weighted by Gasteiger charge is -2.43. The van der Waals surface area contributed by atoms with Crippen molar-refractivity contribution in [1.29, 1.82) is 0 Å². The van der Waals surface area contributed by atoms with Crippen LogP contribution >= 0.6 is 11.6 Å². The van der Waals surface area contributed by atoms with Gasteiger partial charge in [0.05, 0.1) is 18.2 Å². The maximum absolute atomic E-state index is 13.3. The minimum atomic E-state index is -0.607. The quantitative estimate of drug-likeness (QED) is 0.528. The van der Waals surface area contributed by atoms with Gasteiger partial charge in [0, 0.05) is 55.0 Å². The first-order chi connectivity index (χ1) is 18.2. The summed E-state index contributed by atoms with van der Waals surface area (Å²) in [5, 5.41) is 3.61. The molecule has 0 aromatic heterocycles. The molecule has 0 bridgehead atoms. The Kier molecular flexibility index (Phi) is 8.74. The predicted molar refractivity (Wildman–Crippen MR) is 147 cm³/mol. The van der Waals surface area contributed by atoms with Crippen molar-refractivity contribution in [3.63, 3.8) is 0 Å². The van der Waals surface area contributed by atoms with Crippen LogP contribution in [-0.2, 0) is 9.53 Å². The van der Waals surface area contributed by atoms with Crippen LogP contribution in [0.25, 0.3) is 0 Å². The van der Waals surface area contributed by atoms with Crippen molar-refractivity contribution < 1.29 is 19.1 Å². The Balaban J connectivity index is 1.62. The smallest absolute Gasteiger partial charge is 0.338 e. The lowest BCUT2D eigenvalue weighted by molar-refractivity contribution is -0.139. The fraction of sp³-hybridized carbons (Fsp3) is 0.414. The lowest BCUT2D eigenvalue weighted by atomic mass is 9.93. The van der Waals surface area contributed by atoms with E-state index in [0.717, 1.165) is 11.1 Å². The van der Waals surface area contributed by atoms with E-state index in [1.807, 2.05) is 49.9 Å². The zero-order chi connectivity index (χ0) is 27.4. The van der Waals surface area contributed by atoms with Gasteiger partial charge in [-0.15, -0.1) is 0 Å². The number of ether oxygens (including phenoxy) is 1. The Morgan fingerprint density at radius 2 is 1.84 bits per heavy atom. The fourth-order valence-corrected chi connectivity index (χ4v) is 5.33. The number of hydrogen-bond acceptors (Lipinski definition) is 5. The van der Waals surface area contributed by atoms with Gasteiger partial charge in [0.25, 0.3) is 5.91 Å². The molecule has 1 saturated heterocycles. The number of carbonyl (C=O) groups excluding carboxylic acids is 3. The first-order valence-corrected chi connectivity index (χ1v) is 13.4.